The van der Waals surface area contributed by atoms with Gasteiger partial charge in [-0.3, -0.25) is 10.1 Å². The van der Waals surface area contributed by atoms with Crippen LogP contribution in [0.3, 0.4) is 0 Å². The fourth-order valence-corrected chi connectivity index (χ4v) is 2.01. The SMILES string of the molecule is Nc1cc(N2CCOCC2)cc(C(=O)O)c1[N+](=O)[O-]. The predicted molar refractivity (Wildman–Crippen MR) is 67.5 cm³/mol. The number of nitro benzene ring substituents is 1. The van der Waals surface area contributed by atoms with E-state index in [9.17, 15) is 14.9 Å². The maximum atomic E-state index is 11.1. The number of anilines is 2. The number of hydrogen-bond donors (Lipinski definition) is 2. The number of hydrogen-bond acceptors (Lipinski definition) is 6. The van der Waals surface area contributed by atoms with E-state index < -0.39 is 22.1 Å². The Kier molecular flexibility index (Phi) is 3.52. The molecule has 1 heterocycles. The van der Waals surface area contributed by atoms with Crippen LogP contribution in [0.15, 0.2) is 12.1 Å². The summed E-state index contributed by atoms with van der Waals surface area (Å²) in [7, 11) is 0. The van der Waals surface area contributed by atoms with E-state index in [1.165, 1.54) is 12.1 Å². The highest BCUT2D eigenvalue weighted by Gasteiger charge is 2.26. The first-order chi connectivity index (χ1) is 9.00. The standard InChI is InChI=1S/C11H13N3O5/c12-9-6-7(13-1-3-19-4-2-13)5-8(11(15)16)10(9)14(17)18/h5-6H,1-4,12H2,(H,15,16). The molecule has 0 unspecified atom stereocenters. The van der Waals surface area contributed by atoms with Crippen molar-refractivity contribution in [2.45, 2.75) is 0 Å². The molecule has 19 heavy (non-hydrogen) atoms. The minimum atomic E-state index is -1.37. The molecule has 0 saturated carbocycles. The Morgan fingerprint density at radius 2 is 2.05 bits per heavy atom. The van der Waals surface area contributed by atoms with E-state index in [0.717, 1.165) is 0 Å². The number of nitro groups is 1. The van der Waals surface area contributed by atoms with E-state index in [0.29, 0.717) is 32.0 Å². The summed E-state index contributed by atoms with van der Waals surface area (Å²) in [5.41, 5.74) is 5.05. The molecule has 1 aromatic carbocycles. The summed E-state index contributed by atoms with van der Waals surface area (Å²) in [6, 6.07) is 2.71. The molecule has 1 aliphatic heterocycles. The topological polar surface area (TPSA) is 119 Å². The van der Waals surface area contributed by atoms with Crippen LogP contribution in [0.1, 0.15) is 10.4 Å². The zero-order valence-electron chi connectivity index (χ0n) is 10.0. The van der Waals surface area contributed by atoms with E-state index in [1.54, 1.807) is 0 Å². The number of carboxylic acids is 1. The normalized spacial score (nSPS) is 15.3. The van der Waals surface area contributed by atoms with Gasteiger partial charge in [0, 0.05) is 18.8 Å². The maximum Gasteiger partial charge on any atom is 0.342 e. The van der Waals surface area contributed by atoms with Crippen LogP contribution in [0.4, 0.5) is 17.1 Å². The third-order valence-corrected chi connectivity index (χ3v) is 2.91. The number of benzene rings is 1. The fraction of sp³-hybridized carbons (Fsp3) is 0.364. The van der Waals surface area contributed by atoms with Crippen molar-refractivity contribution < 1.29 is 19.6 Å². The van der Waals surface area contributed by atoms with Gasteiger partial charge in [0.25, 0.3) is 0 Å². The van der Waals surface area contributed by atoms with Crippen LogP contribution in [-0.2, 0) is 4.74 Å². The second-order valence-corrected chi connectivity index (χ2v) is 4.09. The Hall–Kier alpha value is -2.35. The summed E-state index contributed by atoms with van der Waals surface area (Å²) in [6.07, 6.45) is 0. The molecule has 102 valence electrons. The van der Waals surface area contributed by atoms with Gasteiger partial charge in [0.05, 0.1) is 18.1 Å². The van der Waals surface area contributed by atoms with Crippen molar-refractivity contribution >= 4 is 23.0 Å². The van der Waals surface area contributed by atoms with Gasteiger partial charge in [0.2, 0.25) is 0 Å². The van der Waals surface area contributed by atoms with E-state index in [1.807, 2.05) is 4.90 Å². The number of carbonyl (C=O) groups is 1. The quantitative estimate of drug-likeness (QED) is 0.470. The average Bonchev–Trinajstić information content (AvgIpc) is 2.38. The molecule has 1 saturated heterocycles. The molecule has 8 nitrogen and oxygen atoms in total. The third-order valence-electron chi connectivity index (χ3n) is 2.91. The average molecular weight is 267 g/mol. The monoisotopic (exact) mass is 267 g/mol. The second kappa shape index (κ2) is 5.11. The molecule has 0 atom stereocenters. The summed E-state index contributed by atoms with van der Waals surface area (Å²) in [4.78, 5) is 23.1. The first-order valence-electron chi connectivity index (χ1n) is 5.64. The van der Waals surface area contributed by atoms with Gasteiger partial charge in [-0.15, -0.1) is 0 Å². The molecule has 0 bridgehead atoms. The Morgan fingerprint density at radius 1 is 1.42 bits per heavy atom. The fourth-order valence-electron chi connectivity index (χ4n) is 2.01. The molecular weight excluding hydrogens is 254 g/mol. The smallest absolute Gasteiger partial charge is 0.342 e. The van der Waals surface area contributed by atoms with Crippen molar-refractivity contribution in [3.8, 4) is 0 Å². The molecule has 0 spiro atoms. The number of carboxylic acid groups (broad SMARTS) is 1. The van der Waals surface area contributed by atoms with E-state index in [2.05, 4.69) is 0 Å². The maximum absolute atomic E-state index is 11.1. The Bertz CT molecular complexity index is 525. The Balaban J connectivity index is 2.47. The van der Waals surface area contributed by atoms with Crippen molar-refractivity contribution in [3.05, 3.63) is 27.8 Å². The highest BCUT2D eigenvalue weighted by Crippen LogP contribution is 2.32. The summed E-state index contributed by atoms with van der Waals surface area (Å²) < 4.78 is 5.19. The molecule has 1 aliphatic rings. The van der Waals surface area contributed by atoms with Crippen LogP contribution in [-0.4, -0.2) is 42.3 Å². The van der Waals surface area contributed by atoms with Gasteiger partial charge in [0.1, 0.15) is 11.3 Å². The molecule has 1 aromatic rings. The molecule has 3 N–H and O–H groups in total. The van der Waals surface area contributed by atoms with E-state index in [4.69, 9.17) is 15.6 Å². The van der Waals surface area contributed by atoms with Crippen LogP contribution in [0.2, 0.25) is 0 Å². The zero-order chi connectivity index (χ0) is 14.0. The number of nitrogens with two attached hydrogens (primary N) is 1. The number of nitrogen functional groups attached to an aromatic ring is 1. The van der Waals surface area contributed by atoms with E-state index >= 15 is 0 Å². The number of aromatic carboxylic acids is 1. The van der Waals surface area contributed by atoms with E-state index in [-0.39, 0.29) is 5.69 Å². The summed E-state index contributed by atoms with van der Waals surface area (Å²) in [6.45, 7) is 2.24. The van der Waals surface area contributed by atoms with Gasteiger partial charge >= 0.3 is 11.7 Å². The Morgan fingerprint density at radius 3 is 2.58 bits per heavy atom. The number of rotatable bonds is 3. The van der Waals surface area contributed by atoms with Crippen molar-refractivity contribution in [3.63, 3.8) is 0 Å². The van der Waals surface area contributed by atoms with Crippen molar-refractivity contribution in [2.75, 3.05) is 36.9 Å². The van der Waals surface area contributed by atoms with Crippen LogP contribution < -0.4 is 10.6 Å². The van der Waals surface area contributed by atoms with Gasteiger partial charge in [0.15, 0.2) is 0 Å². The number of ether oxygens (including phenoxy) is 1. The van der Waals surface area contributed by atoms with Gasteiger partial charge in [-0.1, -0.05) is 0 Å². The van der Waals surface area contributed by atoms with Gasteiger partial charge in [-0.05, 0) is 12.1 Å². The zero-order valence-corrected chi connectivity index (χ0v) is 10.0. The number of morpholine rings is 1. The summed E-state index contributed by atoms with van der Waals surface area (Å²) in [5, 5.41) is 19.9. The molecule has 2 rings (SSSR count). The van der Waals surface area contributed by atoms with Crippen molar-refractivity contribution in [2.24, 2.45) is 0 Å². The molecule has 0 aromatic heterocycles. The predicted octanol–water partition coefficient (Wildman–Crippen LogP) is 0.712. The van der Waals surface area contributed by atoms with Gasteiger partial charge in [-0.2, -0.15) is 0 Å². The lowest BCUT2D eigenvalue weighted by Gasteiger charge is -2.29. The van der Waals surface area contributed by atoms with Gasteiger partial charge < -0.3 is 20.5 Å². The van der Waals surface area contributed by atoms with Crippen LogP contribution in [0, 0.1) is 10.1 Å². The molecular formula is C11H13N3O5. The molecule has 0 amide bonds. The minimum absolute atomic E-state index is 0.147. The van der Waals surface area contributed by atoms with Gasteiger partial charge in [-0.25, -0.2) is 4.79 Å². The molecule has 1 fully saturated rings. The van der Waals surface area contributed by atoms with Crippen molar-refractivity contribution in [1.82, 2.24) is 0 Å². The lowest BCUT2D eigenvalue weighted by atomic mass is 10.1. The summed E-state index contributed by atoms with van der Waals surface area (Å²) in [5.74, 6) is -1.37. The first-order valence-corrected chi connectivity index (χ1v) is 5.64. The third kappa shape index (κ3) is 2.58. The van der Waals surface area contributed by atoms with Crippen molar-refractivity contribution in [1.29, 1.82) is 0 Å². The highest BCUT2D eigenvalue weighted by atomic mass is 16.6. The molecule has 0 aliphatic carbocycles. The van der Waals surface area contributed by atoms with Crippen LogP contribution >= 0.6 is 0 Å². The lowest BCUT2D eigenvalue weighted by molar-refractivity contribution is -0.384. The minimum Gasteiger partial charge on any atom is -0.477 e. The first kappa shape index (κ1) is 13.1. The number of nitrogens with zero attached hydrogens (tertiary/aromatic N) is 2. The van der Waals surface area contributed by atoms with Crippen LogP contribution in [0.5, 0.6) is 0 Å². The Labute approximate surface area is 108 Å². The summed E-state index contributed by atoms with van der Waals surface area (Å²) >= 11 is 0. The van der Waals surface area contributed by atoms with Crippen LogP contribution in [0.25, 0.3) is 0 Å². The molecule has 0 radical (unpaired) electrons. The largest absolute Gasteiger partial charge is 0.477 e. The lowest BCUT2D eigenvalue weighted by Crippen LogP contribution is -2.36. The molecule has 8 heteroatoms. The highest BCUT2D eigenvalue weighted by molar-refractivity contribution is 5.97. The second-order valence-electron chi connectivity index (χ2n) is 4.09.